The van der Waals surface area contributed by atoms with E-state index in [1.807, 2.05) is 0 Å². The maximum absolute atomic E-state index is 4.02. The summed E-state index contributed by atoms with van der Waals surface area (Å²) in [7, 11) is 0. The first-order chi connectivity index (χ1) is 29.9. The Morgan fingerprint density at radius 2 is 1.61 bits per heavy atom. The summed E-state index contributed by atoms with van der Waals surface area (Å²) < 4.78 is 0. The van der Waals surface area contributed by atoms with Crippen LogP contribution >= 0.6 is 0 Å². The second-order valence-electron chi connectivity index (χ2n) is 18.6. The molecule has 0 spiro atoms. The van der Waals surface area contributed by atoms with Crippen LogP contribution in [0.15, 0.2) is 210 Å². The van der Waals surface area contributed by atoms with E-state index in [9.17, 15) is 0 Å². The molecule has 10 rings (SSSR count). The zero-order chi connectivity index (χ0) is 41.5. The quantitative estimate of drug-likeness (QED) is 0.216. The second-order valence-corrected chi connectivity index (χ2v) is 18.6. The molecule has 3 aromatic rings. The van der Waals surface area contributed by atoms with Crippen molar-refractivity contribution >= 4 is 22.3 Å². The van der Waals surface area contributed by atoms with Gasteiger partial charge in [0.25, 0.3) is 0 Å². The number of allylic oxidation sites excluding steroid dienone is 22. The first-order valence-electron chi connectivity index (χ1n) is 23.0. The van der Waals surface area contributed by atoms with Crippen molar-refractivity contribution in [2.75, 3.05) is 0 Å². The van der Waals surface area contributed by atoms with Gasteiger partial charge in [0.2, 0.25) is 0 Å². The van der Waals surface area contributed by atoms with Crippen molar-refractivity contribution in [2.24, 2.45) is 29.1 Å². The average molecular weight is 794 g/mol. The van der Waals surface area contributed by atoms with Gasteiger partial charge in [-0.05, 0) is 128 Å². The van der Waals surface area contributed by atoms with Crippen LogP contribution in [0.3, 0.4) is 0 Å². The molecule has 0 heterocycles. The summed E-state index contributed by atoms with van der Waals surface area (Å²) in [4.78, 5) is 0. The van der Waals surface area contributed by atoms with Gasteiger partial charge in [-0.1, -0.05) is 203 Å². The van der Waals surface area contributed by atoms with Crippen molar-refractivity contribution in [1.29, 1.82) is 0 Å². The summed E-state index contributed by atoms with van der Waals surface area (Å²) in [6.07, 6.45) is 44.8. The van der Waals surface area contributed by atoms with Gasteiger partial charge in [0.1, 0.15) is 0 Å². The van der Waals surface area contributed by atoms with Gasteiger partial charge in [-0.15, -0.1) is 0 Å². The molecule has 1 nitrogen and oxygen atoms in total. The molecular weight excluding hydrogens is 735 g/mol. The molecule has 5 atom stereocenters. The molecule has 61 heavy (non-hydrogen) atoms. The van der Waals surface area contributed by atoms with Crippen LogP contribution in [0.4, 0.5) is 0 Å². The molecule has 0 amide bonds. The fourth-order valence-corrected chi connectivity index (χ4v) is 11.4. The Hall–Kier alpha value is -5.92. The Morgan fingerprint density at radius 3 is 2.43 bits per heavy atom. The van der Waals surface area contributed by atoms with Crippen molar-refractivity contribution < 1.29 is 0 Å². The van der Waals surface area contributed by atoms with Gasteiger partial charge < -0.3 is 5.32 Å². The monoisotopic (exact) mass is 793 g/mol. The molecule has 0 saturated carbocycles. The molecule has 304 valence electrons. The van der Waals surface area contributed by atoms with Crippen LogP contribution in [-0.4, -0.2) is 0 Å². The maximum Gasteiger partial charge on any atom is 0.0703 e. The van der Waals surface area contributed by atoms with E-state index in [1.54, 1.807) is 11.1 Å². The molecule has 7 aliphatic rings. The van der Waals surface area contributed by atoms with E-state index >= 15 is 0 Å². The van der Waals surface area contributed by atoms with Gasteiger partial charge in [0, 0.05) is 23.5 Å². The van der Waals surface area contributed by atoms with E-state index in [-0.39, 0.29) is 23.3 Å². The van der Waals surface area contributed by atoms with Crippen molar-refractivity contribution in [2.45, 2.75) is 72.3 Å². The Morgan fingerprint density at radius 1 is 0.787 bits per heavy atom. The van der Waals surface area contributed by atoms with Gasteiger partial charge in [0.05, 0.1) is 6.04 Å². The third-order valence-corrected chi connectivity index (χ3v) is 14.6. The molecule has 0 fully saturated rings. The largest absolute Gasteiger partial charge is 0.375 e. The summed E-state index contributed by atoms with van der Waals surface area (Å²) in [5.74, 6) is 1.60. The third kappa shape index (κ3) is 7.27. The topological polar surface area (TPSA) is 12.0 Å². The highest BCUT2D eigenvalue weighted by Crippen LogP contribution is 2.57. The van der Waals surface area contributed by atoms with Crippen LogP contribution in [0.25, 0.3) is 22.3 Å². The molecule has 0 saturated heterocycles. The summed E-state index contributed by atoms with van der Waals surface area (Å²) >= 11 is 0. The predicted molar refractivity (Wildman–Crippen MR) is 259 cm³/mol. The zero-order valence-corrected chi connectivity index (χ0v) is 36.4. The SMILES string of the molecule is CCC/C=C(/NC(/C=C(\C)c1cccc(C2=CC=CC3=c4ccccc4=C4C=C(C5=CC6=C(CC5)C5C=CC=CC5C6(C)C)C=CC4C23)c1)c1ccccc1)C1=CC=CCC1. The van der Waals surface area contributed by atoms with Gasteiger partial charge >= 0.3 is 0 Å². The highest BCUT2D eigenvalue weighted by atomic mass is 14.9. The normalized spacial score (nSPS) is 25.1. The number of benzene rings is 3. The molecule has 7 aliphatic carbocycles. The summed E-state index contributed by atoms with van der Waals surface area (Å²) in [6.45, 7) is 9.47. The number of hydrogen-bond donors (Lipinski definition) is 1. The lowest BCUT2D eigenvalue weighted by Gasteiger charge is -2.37. The second kappa shape index (κ2) is 16.5. The molecule has 1 N–H and O–H groups in total. The molecule has 3 aromatic carbocycles. The van der Waals surface area contributed by atoms with Crippen LogP contribution in [-0.2, 0) is 0 Å². The lowest BCUT2D eigenvalue weighted by Crippen LogP contribution is -2.40. The lowest BCUT2D eigenvalue weighted by atomic mass is 9.66. The maximum atomic E-state index is 4.02. The highest BCUT2D eigenvalue weighted by molar-refractivity contribution is 5.90. The predicted octanol–water partition coefficient (Wildman–Crippen LogP) is 13.5. The van der Waals surface area contributed by atoms with E-state index < -0.39 is 0 Å². The van der Waals surface area contributed by atoms with Gasteiger partial charge in [0.15, 0.2) is 0 Å². The van der Waals surface area contributed by atoms with E-state index in [2.05, 4.69) is 209 Å². The lowest BCUT2D eigenvalue weighted by molar-refractivity contribution is 0.320. The van der Waals surface area contributed by atoms with E-state index in [0.29, 0.717) is 11.8 Å². The first-order valence-corrected chi connectivity index (χ1v) is 23.0. The van der Waals surface area contributed by atoms with Gasteiger partial charge in [-0.25, -0.2) is 0 Å². The molecular formula is C60H59N. The molecule has 0 radical (unpaired) electrons. The minimum atomic E-state index is 0.0385. The van der Waals surface area contributed by atoms with Gasteiger partial charge in [-0.2, -0.15) is 0 Å². The third-order valence-electron chi connectivity index (χ3n) is 14.6. The van der Waals surface area contributed by atoms with Crippen LogP contribution in [0.5, 0.6) is 0 Å². The smallest absolute Gasteiger partial charge is 0.0703 e. The number of hydrogen-bond acceptors (Lipinski definition) is 1. The number of unbranched alkanes of at least 4 members (excludes halogenated alkanes) is 1. The summed E-state index contributed by atoms with van der Waals surface area (Å²) in [5, 5.41) is 6.76. The first kappa shape index (κ1) is 39.2. The molecule has 5 unspecified atom stereocenters. The molecule has 0 aromatic heterocycles. The average Bonchev–Trinajstić information content (AvgIpc) is 3.55. The van der Waals surface area contributed by atoms with E-state index in [4.69, 9.17) is 0 Å². The Kier molecular flexibility index (Phi) is 10.6. The zero-order valence-electron chi connectivity index (χ0n) is 36.4. The van der Waals surface area contributed by atoms with Crippen molar-refractivity contribution in [1.82, 2.24) is 5.32 Å². The van der Waals surface area contributed by atoms with Crippen molar-refractivity contribution in [3.05, 3.63) is 237 Å². The molecule has 0 bridgehead atoms. The van der Waals surface area contributed by atoms with Crippen LogP contribution in [0.1, 0.15) is 89.0 Å². The standard InChI is InChI=1S/C60H59N/c1-5-6-31-57(41-19-9-7-10-20-41)61-58(42-21-11-8-12-22-42)36-40(2)43-23-17-24-46(37-43)47-28-18-29-52-48-25-13-14-26-49(48)54-38-44(33-35-53(54)59(47)52)45-32-34-51-50-27-15-16-30-55(50)60(3,4)56(51)39-45/h7-9,11-19,21-31,33,35-39,50,53,55,58-59,61H,5-6,10,20,32,34H2,1-4H3/b40-36+,57-31+. The molecule has 1 heteroatoms. The fourth-order valence-electron chi connectivity index (χ4n) is 11.4. The number of rotatable bonds is 10. The minimum Gasteiger partial charge on any atom is -0.375 e. The van der Waals surface area contributed by atoms with Crippen LogP contribution in [0.2, 0.25) is 0 Å². The van der Waals surface area contributed by atoms with Gasteiger partial charge in [-0.3, -0.25) is 0 Å². The summed E-state index contributed by atoms with van der Waals surface area (Å²) in [6, 6.07) is 29.5. The molecule has 0 aliphatic heterocycles. The Labute approximate surface area is 364 Å². The Balaban J connectivity index is 0.989. The number of fused-ring (bicyclic) bond motifs is 6. The van der Waals surface area contributed by atoms with Crippen molar-refractivity contribution in [3.8, 4) is 0 Å². The van der Waals surface area contributed by atoms with E-state index in [0.717, 1.165) is 38.5 Å². The Bertz CT molecular complexity index is 2770. The number of nitrogens with one attached hydrogen (secondary N) is 1. The van der Waals surface area contributed by atoms with Crippen LogP contribution < -0.4 is 15.8 Å². The van der Waals surface area contributed by atoms with Crippen molar-refractivity contribution in [3.63, 3.8) is 0 Å². The fraction of sp³-hybridized carbons (Fsp3) is 0.267. The van der Waals surface area contributed by atoms with E-state index in [1.165, 1.54) is 71.8 Å². The minimum absolute atomic E-state index is 0.0385. The highest BCUT2D eigenvalue weighted by Gasteiger charge is 2.46. The van der Waals surface area contributed by atoms with Crippen LogP contribution in [0, 0.1) is 29.1 Å². The summed E-state index contributed by atoms with van der Waals surface area (Å²) in [5.41, 5.74) is 18.3.